The summed E-state index contributed by atoms with van der Waals surface area (Å²) >= 11 is 1.54. The van der Waals surface area contributed by atoms with Crippen molar-refractivity contribution in [2.24, 2.45) is 0 Å². The molecule has 0 saturated heterocycles. The minimum absolute atomic E-state index is 0.180. The number of likely N-dealkylation sites (N-methyl/N-ethyl adjacent to an activating group) is 1. The Morgan fingerprint density at radius 3 is 2.24 bits per heavy atom. The molecule has 0 aromatic heterocycles. The van der Waals surface area contributed by atoms with Crippen LogP contribution in [0.2, 0.25) is 0 Å². The SMILES string of the molecule is CSc1ccc(S(=O)(=O)N(C)CC(=O)NCc2ccc(C)cc2)cc1. The second kappa shape index (κ2) is 8.51. The number of aryl methyl sites for hydroxylation is 1. The maximum atomic E-state index is 12.5. The van der Waals surface area contributed by atoms with Crippen molar-refractivity contribution >= 4 is 27.7 Å². The Bertz CT molecular complexity index is 816. The fraction of sp³-hybridized carbons (Fsp3) is 0.278. The zero-order valence-electron chi connectivity index (χ0n) is 14.5. The Morgan fingerprint density at radius 1 is 1.08 bits per heavy atom. The van der Waals surface area contributed by atoms with Crippen molar-refractivity contribution in [3.8, 4) is 0 Å². The lowest BCUT2D eigenvalue weighted by atomic mass is 10.1. The third-order valence-electron chi connectivity index (χ3n) is 3.74. The number of rotatable bonds is 7. The molecular weight excluding hydrogens is 356 g/mol. The molecule has 0 aliphatic rings. The van der Waals surface area contributed by atoms with Crippen molar-refractivity contribution in [2.75, 3.05) is 19.8 Å². The molecule has 0 fully saturated rings. The van der Waals surface area contributed by atoms with E-state index in [4.69, 9.17) is 0 Å². The quantitative estimate of drug-likeness (QED) is 0.752. The molecule has 0 saturated carbocycles. The monoisotopic (exact) mass is 378 g/mol. The van der Waals surface area contributed by atoms with Gasteiger partial charge in [-0.3, -0.25) is 4.79 Å². The van der Waals surface area contributed by atoms with Gasteiger partial charge in [0.2, 0.25) is 15.9 Å². The van der Waals surface area contributed by atoms with Crippen molar-refractivity contribution < 1.29 is 13.2 Å². The Balaban J connectivity index is 1.95. The summed E-state index contributed by atoms with van der Waals surface area (Å²) < 4.78 is 26.1. The van der Waals surface area contributed by atoms with Gasteiger partial charge in [0.05, 0.1) is 11.4 Å². The maximum Gasteiger partial charge on any atom is 0.243 e. The first-order valence-corrected chi connectivity index (χ1v) is 10.4. The maximum absolute atomic E-state index is 12.5. The molecule has 0 unspecified atom stereocenters. The molecule has 0 heterocycles. The number of nitrogens with one attached hydrogen (secondary N) is 1. The smallest absolute Gasteiger partial charge is 0.243 e. The van der Waals surface area contributed by atoms with Crippen LogP contribution in [-0.2, 0) is 21.4 Å². The topological polar surface area (TPSA) is 66.5 Å². The minimum Gasteiger partial charge on any atom is -0.351 e. The molecule has 0 spiro atoms. The summed E-state index contributed by atoms with van der Waals surface area (Å²) in [5.41, 5.74) is 2.12. The lowest BCUT2D eigenvalue weighted by molar-refractivity contribution is -0.121. The van der Waals surface area contributed by atoms with Crippen LogP contribution >= 0.6 is 11.8 Å². The van der Waals surface area contributed by atoms with Crippen LogP contribution in [0.25, 0.3) is 0 Å². The second-order valence-electron chi connectivity index (χ2n) is 5.70. The Hall–Kier alpha value is -1.83. The summed E-state index contributed by atoms with van der Waals surface area (Å²) in [6, 6.07) is 14.4. The number of thioether (sulfide) groups is 1. The van der Waals surface area contributed by atoms with E-state index < -0.39 is 10.0 Å². The van der Waals surface area contributed by atoms with Gasteiger partial charge in [0.15, 0.2) is 0 Å². The third kappa shape index (κ3) is 5.32. The summed E-state index contributed by atoms with van der Waals surface area (Å²) in [4.78, 5) is 13.2. The molecule has 0 aliphatic carbocycles. The van der Waals surface area contributed by atoms with Crippen LogP contribution in [0, 0.1) is 6.92 Å². The molecule has 5 nitrogen and oxygen atoms in total. The van der Waals surface area contributed by atoms with E-state index in [2.05, 4.69) is 5.32 Å². The van der Waals surface area contributed by atoms with Gasteiger partial charge in [0.1, 0.15) is 0 Å². The van der Waals surface area contributed by atoms with E-state index in [1.54, 1.807) is 24.3 Å². The van der Waals surface area contributed by atoms with Gasteiger partial charge in [-0.2, -0.15) is 4.31 Å². The molecule has 0 atom stereocenters. The normalized spacial score (nSPS) is 11.5. The van der Waals surface area contributed by atoms with E-state index in [0.29, 0.717) is 6.54 Å². The molecule has 134 valence electrons. The first-order chi connectivity index (χ1) is 11.8. The first kappa shape index (κ1) is 19.5. The number of carbonyl (C=O) groups is 1. The van der Waals surface area contributed by atoms with Gasteiger partial charge in [-0.1, -0.05) is 29.8 Å². The summed E-state index contributed by atoms with van der Waals surface area (Å²) in [5, 5.41) is 2.74. The molecule has 0 radical (unpaired) electrons. The molecule has 2 aromatic carbocycles. The Labute approximate surface area is 153 Å². The fourth-order valence-corrected chi connectivity index (χ4v) is 3.71. The van der Waals surface area contributed by atoms with Crippen molar-refractivity contribution in [3.05, 3.63) is 59.7 Å². The summed E-state index contributed by atoms with van der Waals surface area (Å²) in [7, 11) is -2.28. The van der Waals surface area contributed by atoms with Crippen molar-refractivity contribution in [1.82, 2.24) is 9.62 Å². The second-order valence-corrected chi connectivity index (χ2v) is 8.62. The van der Waals surface area contributed by atoms with Crippen molar-refractivity contribution in [3.63, 3.8) is 0 Å². The number of benzene rings is 2. The van der Waals surface area contributed by atoms with E-state index >= 15 is 0 Å². The molecule has 25 heavy (non-hydrogen) atoms. The number of hydrogen-bond donors (Lipinski definition) is 1. The highest BCUT2D eigenvalue weighted by atomic mass is 32.2. The summed E-state index contributed by atoms with van der Waals surface area (Å²) in [6.45, 7) is 2.14. The van der Waals surface area contributed by atoms with Crippen LogP contribution in [0.3, 0.4) is 0 Å². The molecule has 1 amide bonds. The predicted octanol–water partition coefficient (Wildman–Crippen LogP) is 2.65. The first-order valence-electron chi connectivity index (χ1n) is 7.75. The molecule has 2 aromatic rings. The minimum atomic E-state index is -3.68. The van der Waals surface area contributed by atoms with Gasteiger partial charge in [-0.15, -0.1) is 11.8 Å². The van der Waals surface area contributed by atoms with E-state index in [1.165, 1.54) is 18.8 Å². The van der Waals surface area contributed by atoms with Crippen molar-refractivity contribution in [1.29, 1.82) is 0 Å². The van der Waals surface area contributed by atoms with Gasteiger partial charge in [-0.25, -0.2) is 8.42 Å². The van der Waals surface area contributed by atoms with Crippen LogP contribution in [0.4, 0.5) is 0 Å². The van der Waals surface area contributed by atoms with Gasteiger partial charge >= 0.3 is 0 Å². The van der Waals surface area contributed by atoms with Gasteiger partial charge in [0, 0.05) is 18.5 Å². The third-order valence-corrected chi connectivity index (χ3v) is 6.31. The molecule has 0 bridgehead atoms. The average Bonchev–Trinajstić information content (AvgIpc) is 2.61. The van der Waals surface area contributed by atoms with E-state index in [0.717, 1.165) is 20.3 Å². The van der Waals surface area contributed by atoms with E-state index in [9.17, 15) is 13.2 Å². The number of nitrogens with zero attached hydrogens (tertiary/aromatic N) is 1. The number of hydrogen-bond acceptors (Lipinski definition) is 4. The molecular formula is C18H22N2O3S2. The fourth-order valence-electron chi connectivity index (χ4n) is 2.18. The Kier molecular flexibility index (Phi) is 6.64. The standard InChI is InChI=1S/C18H22N2O3S2/c1-14-4-6-15(7-5-14)12-19-18(21)13-20(2)25(22,23)17-10-8-16(24-3)9-11-17/h4-11H,12-13H2,1-3H3,(H,19,21). The van der Waals surface area contributed by atoms with Gasteiger partial charge < -0.3 is 5.32 Å². The van der Waals surface area contributed by atoms with Crippen LogP contribution in [0.15, 0.2) is 58.3 Å². The van der Waals surface area contributed by atoms with Crippen molar-refractivity contribution in [2.45, 2.75) is 23.3 Å². The highest BCUT2D eigenvalue weighted by molar-refractivity contribution is 7.98. The van der Waals surface area contributed by atoms with Crippen LogP contribution in [-0.4, -0.2) is 38.5 Å². The highest BCUT2D eigenvalue weighted by Gasteiger charge is 2.22. The van der Waals surface area contributed by atoms with E-state index in [-0.39, 0.29) is 17.3 Å². The number of amides is 1. The zero-order valence-corrected chi connectivity index (χ0v) is 16.2. The zero-order chi connectivity index (χ0) is 18.4. The van der Waals surface area contributed by atoms with Gasteiger partial charge in [0.25, 0.3) is 0 Å². The predicted molar refractivity (Wildman–Crippen MR) is 101 cm³/mol. The van der Waals surface area contributed by atoms with Crippen LogP contribution in [0.1, 0.15) is 11.1 Å². The highest BCUT2D eigenvalue weighted by Crippen LogP contribution is 2.19. The lowest BCUT2D eigenvalue weighted by Crippen LogP contribution is -2.38. The lowest BCUT2D eigenvalue weighted by Gasteiger charge is -2.17. The summed E-state index contributed by atoms with van der Waals surface area (Å²) in [6.07, 6.45) is 1.92. The van der Waals surface area contributed by atoms with Gasteiger partial charge in [-0.05, 0) is 43.0 Å². The number of sulfonamides is 1. The average molecular weight is 379 g/mol. The molecule has 0 aliphatic heterocycles. The molecule has 1 N–H and O–H groups in total. The largest absolute Gasteiger partial charge is 0.351 e. The van der Waals surface area contributed by atoms with Crippen LogP contribution < -0.4 is 5.32 Å². The summed E-state index contributed by atoms with van der Waals surface area (Å²) in [5.74, 6) is -0.340. The Morgan fingerprint density at radius 2 is 1.68 bits per heavy atom. The molecule has 7 heteroatoms. The number of carbonyl (C=O) groups excluding carboxylic acids is 1. The molecule has 2 rings (SSSR count). The van der Waals surface area contributed by atoms with Crippen LogP contribution in [0.5, 0.6) is 0 Å². The van der Waals surface area contributed by atoms with E-state index in [1.807, 2.05) is 37.4 Å².